The van der Waals surface area contributed by atoms with Crippen molar-refractivity contribution in [3.8, 4) is 0 Å². The van der Waals surface area contributed by atoms with Crippen molar-refractivity contribution in [2.45, 2.75) is 18.9 Å². The van der Waals surface area contributed by atoms with E-state index in [4.69, 9.17) is 0 Å². The van der Waals surface area contributed by atoms with Crippen molar-refractivity contribution in [3.05, 3.63) is 58.3 Å². The second-order valence-corrected chi connectivity index (χ2v) is 7.66. The summed E-state index contributed by atoms with van der Waals surface area (Å²) in [5.74, 6) is -0.453. The van der Waals surface area contributed by atoms with Crippen LogP contribution in [-0.2, 0) is 11.2 Å². The van der Waals surface area contributed by atoms with Gasteiger partial charge >= 0.3 is 0 Å². The van der Waals surface area contributed by atoms with Crippen LogP contribution in [0.3, 0.4) is 0 Å². The van der Waals surface area contributed by atoms with E-state index in [1.54, 1.807) is 21.9 Å². The Morgan fingerprint density at radius 2 is 1.75 bits per heavy atom. The van der Waals surface area contributed by atoms with Gasteiger partial charge in [0.2, 0.25) is 5.91 Å². The second kappa shape index (κ2) is 9.75. The topological polar surface area (TPSA) is 52.7 Å². The highest BCUT2D eigenvalue weighted by molar-refractivity contribution is 7.12. The molecule has 0 spiro atoms. The summed E-state index contributed by atoms with van der Waals surface area (Å²) in [6.07, 6.45) is -1.99. The Kier molecular flexibility index (Phi) is 7.11. The molecular weight excluding hydrogens is 384 g/mol. The maximum absolute atomic E-state index is 13.1. The standard InChI is InChI=1S/C20H23F2N3O2S/c21-18(22)14-24-8-10-25(11-9-24)20(27)16(13-15-5-2-1-3-6-15)23-19(26)17-7-4-12-28-17/h1-7,12,16,18H,8-11,13-14H2,(H,23,26). The van der Waals surface area contributed by atoms with Gasteiger partial charge in [0.1, 0.15) is 6.04 Å². The van der Waals surface area contributed by atoms with Gasteiger partial charge in [-0.3, -0.25) is 14.5 Å². The van der Waals surface area contributed by atoms with Gasteiger partial charge in [0.05, 0.1) is 11.4 Å². The molecule has 1 fully saturated rings. The molecule has 0 aliphatic carbocycles. The molecule has 1 aliphatic rings. The minimum absolute atomic E-state index is 0.176. The summed E-state index contributed by atoms with van der Waals surface area (Å²) < 4.78 is 25.1. The van der Waals surface area contributed by atoms with Gasteiger partial charge in [0, 0.05) is 32.6 Å². The number of carbonyl (C=O) groups is 2. The first-order chi connectivity index (χ1) is 13.5. The maximum atomic E-state index is 13.1. The smallest absolute Gasteiger partial charge is 0.262 e. The van der Waals surface area contributed by atoms with Gasteiger partial charge in [-0.15, -0.1) is 11.3 Å². The van der Waals surface area contributed by atoms with Crippen molar-refractivity contribution in [2.75, 3.05) is 32.7 Å². The number of thiophene rings is 1. The van der Waals surface area contributed by atoms with Crippen molar-refractivity contribution in [1.29, 1.82) is 0 Å². The van der Waals surface area contributed by atoms with Crippen molar-refractivity contribution in [2.24, 2.45) is 0 Å². The molecule has 28 heavy (non-hydrogen) atoms. The van der Waals surface area contributed by atoms with Crippen LogP contribution in [0.1, 0.15) is 15.2 Å². The lowest BCUT2D eigenvalue weighted by molar-refractivity contribution is -0.135. The Balaban J connectivity index is 1.67. The molecule has 8 heteroatoms. The number of hydrogen-bond donors (Lipinski definition) is 1. The van der Waals surface area contributed by atoms with E-state index < -0.39 is 12.5 Å². The Bertz CT molecular complexity index is 763. The summed E-state index contributed by atoms with van der Waals surface area (Å²) in [6.45, 7) is 1.31. The minimum atomic E-state index is -2.38. The van der Waals surface area contributed by atoms with Gasteiger partial charge in [-0.2, -0.15) is 0 Å². The van der Waals surface area contributed by atoms with Crippen LogP contribution in [0.4, 0.5) is 8.78 Å². The van der Waals surface area contributed by atoms with Crippen LogP contribution in [-0.4, -0.2) is 66.8 Å². The molecule has 0 saturated carbocycles. The van der Waals surface area contributed by atoms with Crippen LogP contribution in [0.25, 0.3) is 0 Å². The molecule has 0 radical (unpaired) electrons. The molecule has 1 atom stereocenters. The Morgan fingerprint density at radius 1 is 1.04 bits per heavy atom. The van der Waals surface area contributed by atoms with Gasteiger partial charge in [0.15, 0.2) is 0 Å². The fourth-order valence-corrected chi connectivity index (χ4v) is 3.88. The lowest BCUT2D eigenvalue weighted by Crippen LogP contribution is -2.56. The number of amides is 2. The molecule has 1 aliphatic heterocycles. The van der Waals surface area contributed by atoms with E-state index in [0.29, 0.717) is 37.5 Å². The van der Waals surface area contributed by atoms with E-state index in [2.05, 4.69) is 5.32 Å². The van der Waals surface area contributed by atoms with Crippen molar-refractivity contribution in [1.82, 2.24) is 15.1 Å². The van der Waals surface area contributed by atoms with Gasteiger partial charge < -0.3 is 10.2 Å². The highest BCUT2D eigenvalue weighted by Gasteiger charge is 2.29. The van der Waals surface area contributed by atoms with E-state index in [1.165, 1.54) is 11.3 Å². The van der Waals surface area contributed by atoms with Crippen molar-refractivity contribution >= 4 is 23.2 Å². The molecule has 1 aromatic heterocycles. The quantitative estimate of drug-likeness (QED) is 0.767. The predicted octanol–water partition coefficient (Wildman–Crippen LogP) is 2.50. The fraction of sp³-hybridized carbons (Fsp3) is 0.400. The molecule has 0 bridgehead atoms. The van der Waals surface area contributed by atoms with Gasteiger partial charge in [-0.1, -0.05) is 36.4 Å². The third-order valence-corrected chi connectivity index (χ3v) is 5.58. The average molecular weight is 407 g/mol. The van der Waals surface area contributed by atoms with E-state index in [1.807, 2.05) is 35.7 Å². The number of halogens is 2. The molecule has 1 unspecified atom stereocenters. The number of alkyl halides is 2. The molecule has 1 aromatic carbocycles. The Morgan fingerprint density at radius 3 is 2.36 bits per heavy atom. The van der Waals surface area contributed by atoms with Crippen molar-refractivity contribution in [3.63, 3.8) is 0 Å². The first-order valence-electron chi connectivity index (χ1n) is 9.20. The first kappa shape index (κ1) is 20.4. The summed E-state index contributed by atoms with van der Waals surface area (Å²) in [5.41, 5.74) is 0.948. The van der Waals surface area contributed by atoms with Gasteiger partial charge in [-0.25, -0.2) is 8.78 Å². The Hall–Kier alpha value is -2.32. The molecule has 2 heterocycles. The van der Waals surface area contributed by atoms with E-state index >= 15 is 0 Å². The molecule has 1 saturated heterocycles. The number of nitrogens with one attached hydrogen (secondary N) is 1. The molecule has 1 N–H and O–H groups in total. The van der Waals surface area contributed by atoms with Crippen LogP contribution < -0.4 is 5.32 Å². The fourth-order valence-electron chi connectivity index (χ4n) is 3.25. The first-order valence-corrected chi connectivity index (χ1v) is 10.1. The van der Waals surface area contributed by atoms with E-state index in [-0.39, 0.29) is 18.4 Å². The highest BCUT2D eigenvalue weighted by Crippen LogP contribution is 2.13. The number of nitrogens with zero attached hydrogens (tertiary/aromatic N) is 2. The Labute approximate surface area is 166 Å². The molecule has 2 amide bonds. The zero-order chi connectivity index (χ0) is 19.9. The zero-order valence-corrected chi connectivity index (χ0v) is 16.2. The third-order valence-electron chi connectivity index (χ3n) is 4.71. The second-order valence-electron chi connectivity index (χ2n) is 6.71. The van der Waals surface area contributed by atoms with Crippen molar-refractivity contribution < 1.29 is 18.4 Å². The third kappa shape index (κ3) is 5.59. The normalized spacial score (nSPS) is 16.2. The summed E-state index contributed by atoms with van der Waals surface area (Å²) in [5, 5.41) is 4.67. The van der Waals surface area contributed by atoms with Crippen LogP contribution in [0.5, 0.6) is 0 Å². The molecule has 150 valence electrons. The summed E-state index contributed by atoms with van der Waals surface area (Å²) in [6, 6.07) is 12.3. The molecule has 5 nitrogen and oxygen atoms in total. The average Bonchev–Trinajstić information content (AvgIpc) is 3.23. The van der Waals surface area contributed by atoms with E-state index in [9.17, 15) is 18.4 Å². The largest absolute Gasteiger partial charge is 0.339 e. The molecule has 3 rings (SSSR count). The lowest BCUT2D eigenvalue weighted by Gasteiger charge is -2.36. The SMILES string of the molecule is O=C(NC(Cc1ccccc1)C(=O)N1CCN(CC(F)F)CC1)c1cccs1. The summed E-state index contributed by atoms with van der Waals surface area (Å²) in [7, 11) is 0. The molecular formula is C20H23F2N3O2S. The minimum Gasteiger partial charge on any atom is -0.339 e. The van der Waals surface area contributed by atoms with Gasteiger partial charge in [-0.05, 0) is 17.0 Å². The van der Waals surface area contributed by atoms with Crippen LogP contribution in [0.15, 0.2) is 47.8 Å². The molecule has 2 aromatic rings. The van der Waals surface area contributed by atoms with E-state index in [0.717, 1.165) is 5.56 Å². The summed E-state index contributed by atoms with van der Waals surface area (Å²) in [4.78, 5) is 29.5. The number of rotatable bonds is 7. The maximum Gasteiger partial charge on any atom is 0.262 e. The monoisotopic (exact) mass is 407 g/mol. The van der Waals surface area contributed by atoms with Crippen LogP contribution >= 0.6 is 11.3 Å². The summed E-state index contributed by atoms with van der Waals surface area (Å²) >= 11 is 1.32. The lowest BCUT2D eigenvalue weighted by atomic mass is 10.0. The zero-order valence-electron chi connectivity index (χ0n) is 15.4. The highest BCUT2D eigenvalue weighted by atomic mass is 32.1. The predicted molar refractivity (Wildman–Crippen MR) is 105 cm³/mol. The number of carbonyl (C=O) groups excluding carboxylic acids is 2. The van der Waals surface area contributed by atoms with Crippen LogP contribution in [0.2, 0.25) is 0 Å². The number of hydrogen-bond acceptors (Lipinski definition) is 4. The number of benzene rings is 1. The van der Waals surface area contributed by atoms with Gasteiger partial charge in [0.25, 0.3) is 12.3 Å². The number of piperazine rings is 1. The van der Waals surface area contributed by atoms with Crippen LogP contribution in [0, 0.1) is 0 Å².